The third kappa shape index (κ3) is 4.85. The summed E-state index contributed by atoms with van der Waals surface area (Å²) in [6.45, 7) is 5.35. The maximum Gasteiger partial charge on any atom is 0.307 e. The number of carbonyl (C=O) groups is 2. The van der Waals surface area contributed by atoms with E-state index >= 15 is 0 Å². The molecule has 3 N–H and O–H groups in total. The summed E-state index contributed by atoms with van der Waals surface area (Å²) < 4.78 is 14.8. The number of rotatable bonds is 7. The van der Waals surface area contributed by atoms with Gasteiger partial charge in [0.05, 0.1) is 11.8 Å². The van der Waals surface area contributed by atoms with Crippen molar-refractivity contribution in [2.24, 2.45) is 35.0 Å². The number of benzene rings is 1. The van der Waals surface area contributed by atoms with Gasteiger partial charge in [-0.05, 0) is 67.5 Å². The van der Waals surface area contributed by atoms with Crippen molar-refractivity contribution in [2.45, 2.75) is 32.2 Å². The molecular weight excluding hydrogens is 548 g/mol. The van der Waals surface area contributed by atoms with E-state index in [2.05, 4.69) is 31.5 Å². The van der Waals surface area contributed by atoms with E-state index in [-0.39, 0.29) is 60.3 Å². The number of nitrogens with zero attached hydrogens (tertiary/aromatic N) is 1. The van der Waals surface area contributed by atoms with Crippen LogP contribution >= 0.6 is 40.7 Å². The molecule has 3 saturated carbocycles. The highest BCUT2D eigenvalue weighted by Gasteiger charge is 2.75. The van der Waals surface area contributed by atoms with Crippen LogP contribution in [0.4, 0.5) is 4.39 Å². The Bertz CT molecular complexity index is 919. The molecule has 1 aliphatic heterocycles. The summed E-state index contributed by atoms with van der Waals surface area (Å²) in [6.07, 6.45) is 4.00. The third-order valence-electron chi connectivity index (χ3n) is 8.68. The van der Waals surface area contributed by atoms with Crippen molar-refractivity contribution in [3.63, 3.8) is 0 Å². The molecule has 5 rings (SSSR count). The summed E-state index contributed by atoms with van der Waals surface area (Å²) >= 11 is 3.24. The molecule has 2 bridgehead atoms. The smallest absolute Gasteiger partial charge is 0.307 e. The molecule has 1 amide bonds. The van der Waals surface area contributed by atoms with E-state index in [9.17, 15) is 19.1 Å². The maximum atomic E-state index is 14.2. The molecule has 2 unspecified atom stereocenters. The predicted molar refractivity (Wildman–Crippen MR) is 136 cm³/mol. The van der Waals surface area contributed by atoms with Gasteiger partial charge in [0.2, 0.25) is 5.91 Å². The first-order valence-corrected chi connectivity index (χ1v) is 12.6. The fourth-order valence-corrected chi connectivity index (χ4v) is 7.59. The zero-order valence-corrected chi connectivity index (χ0v) is 22.2. The first-order valence-electron chi connectivity index (χ1n) is 11.8. The van der Waals surface area contributed by atoms with Crippen LogP contribution in [-0.2, 0) is 16.1 Å². The maximum absolute atomic E-state index is 14.2. The van der Waals surface area contributed by atoms with Gasteiger partial charge in [0.1, 0.15) is 5.82 Å². The molecular formula is C24H33BrCl2FN3O3. The minimum Gasteiger partial charge on any atom is -0.481 e. The van der Waals surface area contributed by atoms with Crippen molar-refractivity contribution in [3.05, 3.63) is 34.1 Å². The Hall–Kier alpha value is -0.930. The first-order chi connectivity index (χ1) is 15.4. The number of aliphatic carboxylic acids is 1. The molecule has 1 aromatic carbocycles. The highest BCUT2D eigenvalue weighted by atomic mass is 79.9. The van der Waals surface area contributed by atoms with Gasteiger partial charge < -0.3 is 20.6 Å². The molecule has 34 heavy (non-hydrogen) atoms. The number of carbonyl (C=O) groups excluding carboxylic acids is 1. The van der Waals surface area contributed by atoms with E-state index < -0.39 is 17.8 Å². The zero-order valence-electron chi connectivity index (χ0n) is 19.0. The van der Waals surface area contributed by atoms with Crippen molar-refractivity contribution in [1.82, 2.24) is 15.5 Å². The molecule has 1 heterocycles. The summed E-state index contributed by atoms with van der Waals surface area (Å²) in [5, 5.41) is 16.3. The number of nitrogens with one attached hydrogen (secondary N) is 2. The van der Waals surface area contributed by atoms with Gasteiger partial charge in [-0.1, -0.05) is 22.0 Å². The van der Waals surface area contributed by atoms with E-state index in [0.29, 0.717) is 16.0 Å². The lowest BCUT2D eigenvalue weighted by Gasteiger charge is -2.27. The molecule has 6 atom stereocenters. The standard InChI is InChI=1S/C24H31BrFN3O3.2ClH/c25-16-2-1-14(19(26)11-16)13-28-22(30)20-17-3-4-18(21(20)23(31)32)24(17)12-15(24)5-8-29-9-6-27-7-10-29;;/h1-2,11,15,17-18,20-21,27H,3-10,12-13H2,(H,28,30)(H,31,32);2*1H/t15?,17-,18+,20+,21+,24?;;/m0../s1. The summed E-state index contributed by atoms with van der Waals surface area (Å²) in [4.78, 5) is 27.9. The van der Waals surface area contributed by atoms with Crippen LogP contribution in [0.15, 0.2) is 22.7 Å². The minimum absolute atomic E-state index is 0. The van der Waals surface area contributed by atoms with E-state index in [4.69, 9.17) is 0 Å². The number of halogens is 4. The molecule has 1 spiro atoms. The zero-order chi connectivity index (χ0) is 22.5. The van der Waals surface area contributed by atoms with Crippen LogP contribution in [-0.4, -0.2) is 54.6 Å². The van der Waals surface area contributed by atoms with Crippen LogP contribution in [0.2, 0.25) is 0 Å². The van der Waals surface area contributed by atoms with Crippen LogP contribution in [0.3, 0.4) is 0 Å². The van der Waals surface area contributed by atoms with Crippen molar-refractivity contribution < 1.29 is 19.1 Å². The Morgan fingerprint density at radius 3 is 2.50 bits per heavy atom. The third-order valence-corrected chi connectivity index (χ3v) is 9.18. The molecule has 3 aliphatic carbocycles. The molecule has 0 aromatic heterocycles. The van der Waals surface area contributed by atoms with Gasteiger partial charge in [-0.15, -0.1) is 24.8 Å². The van der Waals surface area contributed by atoms with Crippen LogP contribution in [0, 0.1) is 40.8 Å². The Balaban J connectivity index is 0.00000162. The predicted octanol–water partition coefficient (Wildman–Crippen LogP) is 3.71. The Kier molecular flexibility index (Phi) is 8.94. The number of amides is 1. The number of carboxylic acids is 1. The van der Waals surface area contributed by atoms with E-state index in [0.717, 1.165) is 58.4 Å². The van der Waals surface area contributed by atoms with Crippen molar-refractivity contribution in [2.75, 3.05) is 32.7 Å². The number of hydrogen-bond acceptors (Lipinski definition) is 4. The topological polar surface area (TPSA) is 81.7 Å². The van der Waals surface area contributed by atoms with E-state index in [1.165, 1.54) is 6.07 Å². The molecule has 0 radical (unpaired) electrons. The summed E-state index contributed by atoms with van der Waals surface area (Å²) in [5.41, 5.74) is 0.439. The fraction of sp³-hybridized carbons (Fsp3) is 0.667. The molecule has 6 nitrogen and oxygen atoms in total. The Morgan fingerprint density at radius 2 is 1.85 bits per heavy atom. The molecule has 190 valence electrons. The van der Waals surface area contributed by atoms with E-state index in [1.807, 2.05) is 0 Å². The number of hydrogen-bond donors (Lipinski definition) is 3. The number of piperazine rings is 1. The fourth-order valence-electron chi connectivity index (χ4n) is 7.26. The van der Waals surface area contributed by atoms with Crippen molar-refractivity contribution in [1.29, 1.82) is 0 Å². The highest BCUT2D eigenvalue weighted by Crippen LogP contribution is 2.78. The Morgan fingerprint density at radius 1 is 1.18 bits per heavy atom. The molecule has 1 aromatic rings. The van der Waals surface area contributed by atoms with Gasteiger partial charge >= 0.3 is 5.97 Å². The molecule has 4 aliphatic rings. The van der Waals surface area contributed by atoms with Crippen LogP contribution in [0.25, 0.3) is 0 Å². The first kappa shape index (κ1) is 27.7. The van der Waals surface area contributed by atoms with Gasteiger partial charge in [0.25, 0.3) is 0 Å². The van der Waals surface area contributed by atoms with Gasteiger partial charge in [-0.3, -0.25) is 9.59 Å². The van der Waals surface area contributed by atoms with Gasteiger partial charge in [-0.2, -0.15) is 0 Å². The highest BCUT2D eigenvalue weighted by molar-refractivity contribution is 9.10. The van der Waals surface area contributed by atoms with Crippen molar-refractivity contribution >= 4 is 52.6 Å². The monoisotopic (exact) mass is 579 g/mol. The largest absolute Gasteiger partial charge is 0.481 e. The van der Waals surface area contributed by atoms with Crippen LogP contribution in [0.5, 0.6) is 0 Å². The summed E-state index contributed by atoms with van der Waals surface area (Å²) in [5.74, 6) is -1.82. The van der Waals surface area contributed by atoms with Gasteiger partial charge in [-0.25, -0.2) is 4.39 Å². The lowest BCUT2D eigenvalue weighted by Crippen LogP contribution is -2.43. The van der Waals surface area contributed by atoms with Crippen LogP contribution < -0.4 is 10.6 Å². The quantitative estimate of drug-likeness (QED) is 0.458. The van der Waals surface area contributed by atoms with Gasteiger partial charge in [0.15, 0.2) is 0 Å². The van der Waals surface area contributed by atoms with E-state index in [1.54, 1.807) is 12.1 Å². The van der Waals surface area contributed by atoms with Crippen LogP contribution in [0.1, 0.15) is 31.2 Å². The Labute approximate surface area is 220 Å². The average molecular weight is 581 g/mol. The average Bonchev–Trinajstić information content (AvgIpc) is 3.31. The molecule has 4 fully saturated rings. The second kappa shape index (κ2) is 11.0. The lowest BCUT2D eigenvalue weighted by molar-refractivity contribution is -0.149. The summed E-state index contributed by atoms with van der Waals surface area (Å²) in [6, 6.07) is 4.76. The minimum atomic E-state index is -0.848. The molecule has 1 saturated heterocycles. The lowest BCUT2D eigenvalue weighted by atomic mass is 9.78. The summed E-state index contributed by atoms with van der Waals surface area (Å²) in [7, 11) is 0. The molecule has 10 heteroatoms. The number of carboxylic acid groups (broad SMARTS) is 1. The second-order valence-electron chi connectivity index (χ2n) is 10.0. The normalized spacial score (nSPS) is 33.8. The van der Waals surface area contributed by atoms with Gasteiger partial charge in [0, 0.05) is 42.8 Å². The SMILES string of the molecule is Cl.Cl.O=C(O)[C@H]1[C@H](C(=O)NCc2ccc(Br)cc2F)[C@@H]2CC[C@H]1C21CC1CCN1CCNCC1. The second-order valence-corrected chi connectivity index (χ2v) is 10.9. The van der Waals surface area contributed by atoms with Crippen molar-refractivity contribution in [3.8, 4) is 0 Å².